The van der Waals surface area contributed by atoms with Crippen molar-refractivity contribution in [3.05, 3.63) is 59.7 Å². The van der Waals surface area contributed by atoms with Gasteiger partial charge in [-0.05, 0) is 30.2 Å². The van der Waals surface area contributed by atoms with Gasteiger partial charge in [0.25, 0.3) is 0 Å². The first-order valence-electron chi connectivity index (χ1n) is 6.01. The Morgan fingerprint density at radius 1 is 1.11 bits per heavy atom. The molecule has 100 valence electrons. The summed E-state index contributed by atoms with van der Waals surface area (Å²) in [4.78, 5) is 1.12. The fourth-order valence-corrected chi connectivity index (χ4v) is 2.74. The van der Waals surface area contributed by atoms with Crippen LogP contribution in [0.2, 0.25) is 0 Å². The lowest BCUT2D eigenvalue weighted by atomic mass is 10.1. The van der Waals surface area contributed by atoms with Crippen LogP contribution in [0, 0.1) is 11.6 Å². The molecule has 0 aliphatic carbocycles. The molecule has 0 aliphatic rings. The van der Waals surface area contributed by atoms with E-state index in [9.17, 15) is 13.9 Å². The van der Waals surface area contributed by atoms with Gasteiger partial charge in [0, 0.05) is 15.9 Å². The standard InChI is InChI=1S/C15H14F2OS/c1-2-13(18)11-5-3-4-6-14(11)19-15-8-7-10(16)9-12(15)17/h3-9,13,18H,2H2,1H3. The van der Waals surface area contributed by atoms with Crippen molar-refractivity contribution in [1.82, 2.24) is 0 Å². The summed E-state index contributed by atoms with van der Waals surface area (Å²) in [5.74, 6) is -1.19. The number of aliphatic hydroxyl groups excluding tert-OH is 1. The van der Waals surface area contributed by atoms with Crippen LogP contribution in [-0.4, -0.2) is 5.11 Å². The fourth-order valence-electron chi connectivity index (χ4n) is 1.75. The molecule has 1 unspecified atom stereocenters. The molecule has 2 aromatic rings. The van der Waals surface area contributed by atoms with Crippen LogP contribution in [0.5, 0.6) is 0 Å². The summed E-state index contributed by atoms with van der Waals surface area (Å²) in [6, 6.07) is 10.8. The van der Waals surface area contributed by atoms with E-state index in [0.29, 0.717) is 11.3 Å². The Balaban J connectivity index is 2.33. The molecular formula is C15H14F2OS. The molecule has 1 nitrogen and oxygen atoms in total. The molecule has 0 aromatic heterocycles. The number of hydrogen-bond acceptors (Lipinski definition) is 2. The van der Waals surface area contributed by atoms with Gasteiger partial charge < -0.3 is 5.11 Å². The van der Waals surface area contributed by atoms with Gasteiger partial charge in [0.05, 0.1) is 6.10 Å². The van der Waals surface area contributed by atoms with Crippen molar-refractivity contribution in [2.75, 3.05) is 0 Å². The molecule has 2 aromatic carbocycles. The van der Waals surface area contributed by atoms with Gasteiger partial charge in [-0.15, -0.1) is 0 Å². The van der Waals surface area contributed by atoms with E-state index in [0.717, 1.165) is 16.5 Å². The molecule has 0 heterocycles. The van der Waals surface area contributed by atoms with E-state index in [-0.39, 0.29) is 0 Å². The van der Waals surface area contributed by atoms with Crippen LogP contribution < -0.4 is 0 Å². The summed E-state index contributed by atoms with van der Waals surface area (Å²) in [6.07, 6.45) is 0.0101. The van der Waals surface area contributed by atoms with Crippen molar-refractivity contribution in [1.29, 1.82) is 0 Å². The molecule has 4 heteroatoms. The molecule has 0 fully saturated rings. The Bertz CT molecular complexity index is 572. The summed E-state index contributed by atoms with van der Waals surface area (Å²) in [6.45, 7) is 1.88. The van der Waals surface area contributed by atoms with Gasteiger partial charge in [-0.2, -0.15) is 0 Å². The molecule has 0 aliphatic heterocycles. The molecule has 0 radical (unpaired) electrons. The molecule has 2 rings (SSSR count). The number of hydrogen-bond donors (Lipinski definition) is 1. The molecular weight excluding hydrogens is 266 g/mol. The van der Waals surface area contributed by atoms with Gasteiger partial charge in [0.2, 0.25) is 0 Å². The molecule has 0 bridgehead atoms. The smallest absolute Gasteiger partial charge is 0.140 e. The third kappa shape index (κ3) is 3.33. The van der Waals surface area contributed by atoms with Gasteiger partial charge in [0.15, 0.2) is 0 Å². The van der Waals surface area contributed by atoms with E-state index in [1.165, 1.54) is 23.9 Å². The third-order valence-corrected chi connectivity index (χ3v) is 3.92. The highest BCUT2D eigenvalue weighted by Crippen LogP contribution is 2.35. The van der Waals surface area contributed by atoms with Crippen molar-refractivity contribution in [3.63, 3.8) is 0 Å². The number of rotatable bonds is 4. The van der Waals surface area contributed by atoms with Crippen LogP contribution in [-0.2, 0) is 0 Å². The molecule has 0 amide bonds. The largest absolute Gasteiger partial charge is 0.388 e. The predicted molar refractivity (Wildman–Crippen MR) is 72.2 cm³/mol. The van der Waals surface area contributed by atoms with E-state index >= 15 is 0 Å². The second-order valence-electron chi connectivity index (χ2n) is 4.14. The summed E-state index contributed by atoms with van der Waals surface area (Å²) in [5.41, 5.74) is 0.763. The highest BCUT2D eigenvalue weighted by atomic mass is 32.2. The maximum Gasteiger partial charge on any atom is 0.140 e. The second-order valence-corrected chi connectivity index (χ2v) is 5.22. The SMILES string of the molecule is CCC(O)c1ccccc1Sc1ccc(F)cc1F. The first-order valence-corrected chi connectivity index (χ1v) is 6.83. The first kappa shape index (κ1) is 14.0. The average molecular weight is 280 g/mol. The molecule has 19 heavy (non-hydrogen) atoms. The summed E-state index contributed by atoms with van der Waals surface area (Å²) >= 11 is 1.19. The highest BCUT2D eigenvalue weighted by Gasteiger charge is 2.13. The Hall–Kier alpha value is -1.39. The number of halogens is 2. The average Bonchev–Trinajstić information content (AvgIpc) is 2.41. The van der Waals surface area contributed by atoms with E-state index in [4.69, 9.17) is 0 Å². The summed E-state index contributed by atoms with van der Waals surface area (Å²) in [7, 11) is 0. The second kappa shape index (κ2) is 6.17. The predicted octanol–water partition coefficient (Wildman–Crippen LogP) is 4.56. The molecule has 0 saturated carbocycles. The Morgan fingerprint density at radius 2 is 1.84 bits per heavy atom. The van der Waals surface area contributed by atoms with E-state index in [2.05, 4.69) is 0 Å². The van der Waals surface area contributed by atoms with Crippen LogP contribution in [0.25, 0.3) is 0 Å². The monoisotopic (exact) mass is 280 g/mol. The lowest BCUT2D eigenvalue weighted by molar-refractivity contribution is 0.171. The Morgan fingerprint density at radius 3 is 2.53 bits per heavy atom. The lowest BCUT2D eigenvalue weighted by Gasteiger charge is -2.13. The molecule has 0 spiro atoms. The third-order valence-electron chi connectivity index (χ3n) is 2.78. The van der Waals surface area contributed by atoms with Crippen molar-refractivity contribution in [3.8, 4) is 0 Å². The maximum absolute atomic E-state index is 13.6. The van der Waals surface area contributed by atoms with E-state index in [1.54, 1.807) is 0 Å². The fraction of sp³-hybridized carbons (Fsp3) is 0.200. The van der Waals surface area contributed by atoms with Gasteiger partial charge in [-0.3, -0.25) is 0 Å². The first-order chi connectivity index (χ1) is 9.11. The van der Waals surface area contributed by atoms with Gasteiger partial charge in [0.1, 0.15) is 11.6 Å². The zero-order chi connectivity index (χ0) is 13.8. The zero-order valence-electron chi connectivity index (χ0n) is 10.4. The minimum atomic E-state index is -0.594. The topological polar surface area (TPSA) is 20.2 Å². The highest BCUT2D eigenvalue weighted by molar-refractivity contribution is 7.99. The Labute approximate surface area is 115 Å². The molecule has 1 atom stereocenters. The lowest BCUT2D eigenvalue weighted by Crippen LogP contribution is -1.97. The molecule has 1 N–H and O–H groups in total. The normalized spacial score (nSPS) is 12.4. The van der Waals surface area contributed by atoms with Crippen LogP contribution in [0.15, 0.2) is 52.3 Å². The van der Waals surface area contributed by atoms with Crippen molar-refractivity contribution in [2.45, 2.75) is 29.2 Å². The summed E-state index contributed by atoms with van der Waals surface area (Å²) in [5, 5.41) is 9.93. The van der Waals surface area contributed by atoms with Gasteiger partial charge in [-0.25, -0.2) is 8.78 Å². The van der Waals surface area contributed by atoms with Crippen LogP contribution in [0.1, 0.15) is 25.0 Å². The van der Waals surface area contributed by atoms with Crippen molar-refractivity contribution in [2.24, 2.45) is 0 Å². The van der Waals surface area contributed by atoms with Crippen LogP contribution in [0.4, 0.5) is 8.78 Å². The van der Waals surface area contributed by atoms with Gasteiger partial charge >= 0.3 is 0 Å². The minimum Gasteiger partial charge on any atom is -0.388 e. The van der Waals surface area contributed by atoms with Crippen molar-refractivity contribution < 1.29 is 13.9 Å². The van der Waals surface area contributed by atoms with Crippen LogP contribution >= 0.6 is 11.8 Å². The minimum absolute atomic E-state index is 0.345. The number of aliphatic hydroxyl groups is 1. The quantitative estimate of drug-likeness (QED) is 0.886. The Kier molecular flexibility index (Phi) is 4.56. The zero-order valence-corrected chi connectivity index (χ0v) is 11.3. The van der Waals surface area contributed by atoms with Gasteiger partial charge in [-0.1, -0.05) is 36.9 Å². The van der Waals surface area contributed by atoms with Crippen LogP contribution in [0.3, 0.4) is 0 Å². The van der Waals surface area contributed by atoms with E-state index in [1.807, 2.05) is 31.2 Å². The van der Waals surface area contributed by atoms with E-state index < -0.39 is 17.7 Å². The molecule has 0 saturated heterocycles. The van der Waals surface area contributed by atoms with Crippen molar-refractivity contribution >= 4 is 11.8 Å². The summed E-state index contributed by atoms with van der Waals surface area (Å²) < 4.78 is 26.5. The number of benzene rings is 2. The maximum atomic E-state index is 13.6.